The van der Waals surface area contributed by atoms with E-state index in [2.05, 4.69) is 4.98 Å². The van der Waals surface area contributed by atoms with Gasteiger partial charge in [-0.1, -0.05) is 0 Å². The first-order valence-electron chi connectivity index (χ1n) is 4.08. The Morgan fingerprint density at radius 3 is 2.93 bits per heavy atom. The van der Waals surface area contributed by atoms with Crippen LogP contribution in [-0.4, -0.2) is 11.3 Å². The Morgan fingerprint density at radius 2 is 2.21 bits per heavy atom. The molecule has 0 aliphatic rings. The lowest BCUT2D eigenvalue weighted by molar-refractivity contribution is 0.112. The van der Waals surface area contributed by atoms with Gasteiger partial charge < -0.3 is 0 Å². The van der Waals surface area contributed by atoms with Gasteiger partial charge in [0.2, 0.25) is 0 Å². The molecule has 0 atom stereocenters. The van der Waals surface area contributed by atoms with E-state index >= 15 is 0 Å². The van der Waals surface area contributed by atoms with Crippen molar-refractivity contribution in [1.29, 1.82) is 5.26 Å². The molecule has 0 fully saturated rings. The number of carbonyl (C=O) groups excluding carboxylic acids is 1. The molecule has 0 saturated carbocycles. The number of carbonyl (C=O) groups is 1. The second kappa shape index (κ2) is 3.27. The van der Waals surface area contributed by atoms with Crippen molar-refractivity contribution in [3.8, 4) is 6.07 Å². The summed E-state index contributed by atoms with van der Waals surface area (Å²) in [6.45, 7) is 0. The number of aldehydes is 1. The van der Waals surface area contributed by atoms with Gasteiger partial charge in [0, 0.05) is 17.1 Å². The van der Waals surface area contributed by atoms with Crippen molar-refractivity contribution in [1.82, 2.24) is 4.98 Å². The number of benzene rings is 1. The Balaban J connectivity index is 2.73. The van der Waals surface area contributed by atoms with E-state index in [0.29, 0.717) is 11.1 Å². The normalized spacial score (nSPS) is 9.64. The molecule has 0 amide bonds. The van der Waals surface area contributed by atoms with E-state index in [1.165, 1.54) is 6.20 Å². The number of rotatable bonds is 1. The number of nitrogens with zero attached hydrogens (tertiary/aromatic N) is 2. The number of fused-ring (bicyclic) bond motifs is 1. The quantitative estimate of drug-likeness (QED) is 0.633. The van der Waals surface area contributed by atoms with Gasteiger partial charge in [-0.3, -0.25) is 9.78 Å². The van der Waals surface area contributed by atoms with Crippen LogP contribution < -0.4 is 0 Å². The third-order valence-corrected chi connectivity index (χ3v) is 1.97. The van der Waals surface area contributed by atoms with Crippen molar-refractivity contribution in [2.24, 2.45) is 0 Å². The maximum Gasteiger partial charge on any atom is 0.150 e. The zero-order valence-electron chi connectivity index (χ0n) is 7.27. The molecule has 66 valence electrons. The third kappa shape index (κ3) is 1.34. The van der Waals surface area contributed by atoms with Crippen LogP contribution in [0, 0.1) is 11.3 Å². The molecule has 1 heterocycles. The summed E-state index contributed by atoms with van der Waals surface area (Å²) in [7, 11) is 0. The van der Waals surface area contributed by atoms with Gasteiger partial charge in [-0.15, -0.1) is 0 Å². The number of pyridine rings is 1. The summed E-state index contributed by atoms with van der Waals surface area (Å²) in [5.41, 5.74) is 1.88. The molecule has 0 aliphatic heterocycles. The topological polar surface area (TPSA) is 53.8 Å². The van der Waals surface area contributed by atoms with Gasteiger partial charge in [0.25, 0.3) is 0 Å². The van der Waals surface area contributed by atoms with E-state index in [0.717, 1.165) is 17.2 Å². The standard InChI is InChI=1S/C11H6N2O/c12-5-9-4-10-3-8(7-14)1-2-11(10)13-6-9/h1-4,6-7H. The predicted octanol–water partition coefficient (Wildman–Crippen LogP) is 1.92. The summed E-state index contributed by atoms with van der Waals surface area (Å²) in [5.74, 6) is 0. The molecule has 1 aromatic carbocycles. The summed E-state index contributed by atoms with van der Waals surface area (Å²) in [4.78, 5) is 14.6. The monoisotopic (exact) mass is 182 g/mol. The fourth-order valence-electron chi connectivity index (χ4n) is 1.28. The first-order chi connectivity index (χ1) is 6.83. The maximum atomic E-state index is 10.5. The predicted molar refractivity (Wildman–Crippen MR) is 51.8 cm³/mol. The van der Waals surface area contributed by atoms with Crippen molar-refractivity contribution in [2.45, 2.75) is 0 Å². The highest BCUT2D eigenvalue weighted by atomic mass is 16.1. The zero-order chi connectivity index (χ0) is 9.97. The average Bonchev–Trinajstić information content (AvgIpc) is 2.27. The van der Waals surface area contributed by atoms with Gasteiger partial charge in [0.15, 0.2) is 0 Å². The number of hydrogen-bond donors (Lipinski definition) is 0. The Kier molecular flexibility index (Phi) is 1.96. The molecule has 0 saturated heterocycles. The van der Waals surface area contributed by atoms with E-state index < -0.39 is 0 Å². The Morgan fingerprint density at radius 1 is 1.36 bits per heavy atom. The molecule has 0 radical (unpaired) electrons. The van der Waals surface area contributed by atoms with Crippen LogP contribution in [0.15, 0.2) is 30.5 Å². The van der Waals surface area contributed by atoms with Crippen molar-refractivity contribution < 1.29 is 4.79 Å². The van der Waals surface area contributed by atoms with Gasteiger partial charge >= 0.3 is 0 Å². The average molecular weight is 182 g/mol. The van der Waals surface area contributed by atoms with Crippen LogP contribution in [0.4, 0.5) is 0 Å². The van der Waals surface area contributed by atoms with Crippen LogP contribution in [0.25, 0.3) is 10.9 Å². The van der Waals surface area contributed by atoms with E-state index in [4.69, 9.17) is 5.26 Å². The number of nitriles is 1. The van der Waals surface area contributed by atoms with Crippen LogP contribution in [0.1, 0.15) is 15.9 Å². The minimum Gasteiger partial charge on any atom is -0.298 e. The second-order valence-electron chi connectivity index (χ2n) is 2.91. The summed E-state index contributed by atoms with van der Waals surface area (Å²) in [5, 5.41) is 9.48. The molecule has 0 spiro atoms. The van der Waals surface area contributed by atoms with Gasteiger partial charge in [-0.25, -0.2) is 0 Å². The fraction of sp³-hybridized carbons (Fsp3) is 0. The molecule has 0 N–H and O–H groups in total. The van der Waals surface area contributed by atoms with Crippen molar-refractivity contribution >= 4 is 17.2 Å². The van der Waals surface area contributed by atoms with Crippen molar-refractivity contribution in [3.63, 3.8) is 0 Å². The van der Waals surface area contributed by atoms with Gasteiger partial charge in [0.05, 0.1) is 11.1 Å². The SMILES string of the molecule is N#Cc1cnc2ccc(C=O)cc2c1. The molecule has 2 rings (SSSR count). The molecule has 0 bridgehead atoms. The van der Waals surface area contributed by atoms with Crippen LogP contribution in [0.5, 0.6) is 0 Å². The minimum absolute atomic E-state index is 0.501. The summed E-state index contributed by atoms with van der Waals surface area (Å²) >= 11 is 0. The highest BCUT2D eigenvalue weighted by Gasteiger charge is 1.98. The smallest absolute Gasteiger partial charge is 0.150 e. The number of aromatic nitrogens is 1. The van der Waals surface area contributed by atoms with Crippen LogP contribution in [-0.2, 0) is 0 Å². The van der Waals surface area contributed by atoms with Crippen molar-refractivity contribution in [3.05, 3.63) is 41.6 Å². The molecule has 1 aromatic heterocycles. The molecule has 2 aromatic rings. The molecule has 0 aliphatic carbocycles. The van der Waals surface area contributed by atoms with E-state index in [1.54, 1.807) is 24.3 Å². The summed E-state index contributed by atoms with van der Waals surface area (Å²) in [6.07, 6.45) is 2.29. The molecular formula is C11H6N2O. The molecule has 0 unspecified atom stereocenters. The molecule has 3 nitrogen and oxygen atoms in total. The Labute approximate surface area is 80.6 Å². The first kappa shape index (κ1) is 8.39. The highest BCUT2D eigenvalue weighted by Crippen LogP contribution is 2.14. The minimum atomic E-state index is 0.501. The largest absolute Gasteiger partial charge is 0.298 e. The molecule has 3 heteroatoms. The summed E-state index contributed by atoms with van der Waals surface area (Å²) in [6, 6.07) is 8.91. The van der Waals surface area contributed by atoms with E-state index in [-0.39, 0.29) is 0 Å². The third-order valence-electron chi connectivity index (χ3n) is 1.97. The van der Waals surface area contributed by atoms with E-state index in [1.807, 2.05) is 6.07 Å². The van der Waals surface area contributed by atoms with Crippen LogP contribution in [0.3, 0.4) is 0 Å². The lowest BCUT2D eigenvalue weighted by Crippen LogP contribution is -1.84. The summed E-state index contributed by atoms with van der Waals surface area (Å²) < 4.78 is 0. The number of hydrogen-bond acceptors (Lipinski definition) is 3. The van der Waals surface area contributed by atoms with Crippen LogP contribution in [0.2, 0.25) is 0 Å². The Hall–Kier alpha value is -2.21. The highest BCUT2D eigenvalue weighted by molar-refractivity contribution is 5.87. The van der Waals surface area contributed by atoms with Crippen molar-refractivity contribution in [2.75, 3.05) is 0 Å². The second-order valence-corrected chi connectivity index (χ2v) is 2.91. The van der Waals surface area contributed by atoms with Gasteiger partial charge in [0.1, 0.15) is 12.4 Å². The lowest BCUT2D eigenvalue weighted by Gasteiger charge is -1.97. The molecule has 14 heavy (non-hydrogen) atoms. The molecular weight excluding hydrogens is 176 g/mol. The van der Waals surface area contributed by atoms with Crippen LogP contribution >= 0.6 is 0 Å². The van der Waals surface area contributed by atoms with E-state index in [9.17, 15) is 4.79 Å². The first-order valence-corrected chi connectivity index (χ1v) is 4.08. The maximum absolute atomic E-state index is 10.5. The van der Waals surface area contributed by atoms with Gasteiger partial charge in [-0.05, 0) is 24.3 Å². The fourth-order valence-corrected chi connectivity index (χ4v) is 1.28. The zero-order valence-corrected chi connectivity index (χ0v) is 7.27. The van der Waals surface area contributed by atoms with Gasteiger partial charge in [-0.2, -0.15) is 5.26 Å². The lowest BCUT2D eigenvalue weighted by atomic mass is 10.1. The Bertz CT molecular complexity index is 540.